The number of benzene rings is 3. The first-order valence-corrected chi connectivity index (χ1v) is 14.8. The van der Waals surface area contributed by atoms with Crippen LogP contribution in [0.5, 0.6) is 5.75 Å². The van der Waals surface area contributed by atoms with Crippen LogP contribution in [0, 0.1) is 0 Å². The van der Waals surface area contributed by atoms with Crippen molar-refractivity contribution in [3.8, 4) is 5.75 Å². The van der Waals surface area contributed by atoms with Crippen LogP contribution in [-0.2, 0) is 24.3 Å². The predicted molar refractivity (Wildman–Crippen MR) is 158 cm³/mol. The van der Waals surface area contributed by atoms with Gasteiger partial charge in [0.15, 0.2) is 0 Å². The number of hydrogen-bond acceptors (Lipinski definition) is 4. The highest BCUT2D eigenvalue weighted by atomic mass is 16.5. The van der Waals surface area contributed by atoms with Crippen molar-refractivity contribution in [1.29, 1.82) is 0 Å². The number of ether oxygens (including phenoxy) is 1. The van der Waals surface area contributed by atoms with Gasteiger partial charge < -0.3 is 15.0 Å². The lowest BCUT2D eigenvalue weighted by atomic mass is 9.94. The fourth-order valence-corrected chi connectivity index (χ4v) is 5.89. The van der Waals surface area contributed by atoms with Crippen LogP contribution in [0.3, 0.4) is 0 Å². The molecule has 1 unspecified atom stereocenters. The van der Waals surface area contributed by atoms with Gasteiger partial charge in [0, 0.05) is 43.3 Å². The van der Waals surface area contributed by atoms with Crippen LogP contribution in [-0.4, -0.2) is 53.9 Å². The third kappa shape index (κ3) is 7.51. The van der Waals surface area contributed by atoms with Crippen LogP contribution in [0.25, 0.3) is 0 Å². The van der Waals surface area contributed by atoms with Gasteiger partial charge in [-0.15, -0.1) is 0 Å². The Bertz CT molecular complexity index is 1250. The van der Waals surface area contributed by atoms with Crippen LogP contribution in [0.15, 0.2) is 78.9 Å². The van der Waals surface area contributed by atoms with Crippen molar-refractivity contribution < 1.29 is 14.3 Å². The van der Waals surface area contributed by atoms with Gasteiger partial charge in [-0.3, -0.25) is 14.5 Å². The van der Waals surface area contributed by atoms with Crippen LogP contribution in [0.1, 0.15) is 65.6 Å². The highest BCUT2D eigenvalue weighted by molar-refractivity contribution is 5.96. The van der Waals surface area contributed by atoms with Crippen LogP contribution in [0.2, 0.25) is 0 Å². The summed E-state index contributed by atoms with van der Waals surface area (Å²) in [6, 6.07) is 26.7. The SMILES string of the molecule is O=C1CN(Cc2ccccc2)Cc2c(cccc2C(=O)N2CCCCC2Cc2ccccc2)OCCCCCN1. The fraction of sp³-hybridized carbons (Fsp3) is 0.412. The Kier molecular flexibility index (Phi) is 9.86. The number of fused-ring (bicyclic) bond motifs is 1. The van der Waals surface area contributed by atoms with Gasteiger partial charge in [-0.1, -0.05) is 66.7 Å². The largest absolute Gasteiger partial charge is 0.493 e. The van der Waals surface area contributed by atoms with Gasteiger partial charge in [-0.2, -0.15) is 0 Å². The summed E-state index contributed by atoms with van der Waals surface area (Å²) in [5.74, 6) is 0.829. The minimum atomic E-state index is 0.0143. The molecule has 0 spiro atoms. The molecule has 3 aromatic carbocycles. The Morgan fingerprint density at radius 1 is 0.825 bits per heavy atom. The molecule has 3 aromatic rings. The Morgan fingerprint density at radius 2 is 1.60 bits per heavy atom. The smallest absolute Gasteiger partial charge is 0.254 e. The second-order valence-corrected chi connectivity index (χ2v) is 11.0. The number of rotatable bonds is 5. The standard InChI is InChI=1S/C34H41N3O3/c38-33-26-36(24-28-15-6-2-7-16-28)25-31-30(18-12-19-32(31)40-22-11-3-9-20-35-33)34(39)37-21-10-8-17-29(37)23-27-13-4-1-5-14-27/h1-2,4-7,12-16,18-19,29H,3,8-11,17,20-26H2,(H,35,38). The van der Waals surface area contributed by atoms with E-state index in [0.29, 0.717) is 31.8 Å². The van der Waals surface area contributed by atoms with Gasteiger partial charge >= 0.3 is 0 Å². The topological polar surface area (TPSA) is 61.9 Å². The van der Waals surface area contributed by atoms with Gasteiger partial charge in [0.05, 0.1) is 13.2 Å². The van der Waals surface area contributed by atoms with Gasteiger partial charge in [0.2, 0.25) is 5.91 Å². The lowest BCUT2D eigenvalue weighted by Crippen LogP contribution is -2.45. The lowest BCUT2D eigenvalue weighted by molar-refractivity contribution is -0.122. The Morgan fingerprint density at radius 3 is 2.40 bits per heavy atom. The molecular formula is C34H41N3O3. The quantitative estimate of drug-likeness (QED) is 0.458. The molecule has 2 aliphatic heterocycles. The molecule has 6 heteroatoms. The first-order chi connectivity index (χ1) is 19.7. The molecule has 2 heterocycles. The third-order valence-electron chi connectivity index (χ3n) is 7.96. The molecule has 0 aliphatic carbocycles. The maximum atomic E-state index is 14.3. The van der Waals surface area contributed by atoms with E-state index in [1.807, 2.05) is 42.5 Å². The normalized spacial score (nSPS) is 19.2. The molecule has 6 nitrogen and oxygen atoms in total. The summed E-state index contributed by atoms with van der Waals surface area (Å²) in [6.07, 6.45) is 6.84. The zero-order valence-corrected chi connectivity index (χ0v) is 23.4. The molecule has 2 aliphatic rings. The Hall–Kier alpha value is -3.64. The van der Waals surface area contributed by atoms with Crippen LogP contribution < -0.4 is 10.1 Å². The second-order valence-electron chi connectivity index (χ2n) is 11.0. The van der Waals surface area contributed by atoms with Crippen molar-refractivity contribution in [2.45, 2.75) is 64.1 Å². The zero-order chi connectivity index (χ0) is 27.6. The molecule has 5 rings (SSSR count). The van der Waals surface area contributed by atoms with E-state index >= 15 is 0 Å². The summed E-state index contributed by atoms with van der Waals surface area (Å²) < 4.78 is 6.32. The van der Waals surface area contributed by atoms with Gasteiger partial charge in [0.25, 0.3) is 5.91 Å². The maximum Gasteiger partial charge on any atom is 0.254 e. The molecule has 0 aromatic heterocycles. The number of piperidine rings is 1. The van der Waals surface area contributed by atoms with Crippen molar-refractivity contribution in [2.75, 3.05) is 26.2 Å². The van der Waals surface area contributed by atoms with E-state index in [1.54, 1.807) is 0 Å². The predicted octanol–water partition coefficient (Wildman–Crippen LogP) is 5.61. The molecule has 210 valence electrons. The first-order valence-electron chi connectivity index (χ1n) is 14.8. The molecule has 0 saturated carbocycles. The Labute approximate surface area is 238 Å². The average Bonchev–Trinajstić information content (AvgIpc) is 2.99. The second kappa shape index (κ2) is 14.1. The van der Waals surface area contributed by atoms with Crippen molar-refractivity contribution in [2.24, 2.45) is 0 Å². The van der Waals surface area contributed by atoms with Gasteiger partial charge in [-0.05, 0) is 68.2 Å². The lowest BCUT2D eigenvalue weighted by Gasteiger charge is -2.37. The summed E-state index contributed by atoms with van der Waals surface area (Å²) in [6.45, 7) is 3.35. The van der Waals surface area contributed by atoms with Crippen molar-refractivity contribution in [1.82, 2.24) is 15.1 Å². The number of likely N-dealkylation sites (tertiary alicyclic amines) is 1. The van der Waals surface area contributed by atoms with E-state index in [2.05, 4.69) is 51.5 Å². The Balaban J connectivity index is 1.46. The number of carbonyl (C=O) groups is 2. The summed E-state index contributed by atoms with van der Waals surface area (Å²) in [7, 11) is 0. The van der Waals surface area contributed by atoms with Crippen molar-refractivity contribution >= 4 is 11.8 Å². The average molecular weight is 540 g/mol. The molecule has 1 N–H and O–H groups in total. The minimum absolute atomic E-state index is 0.0143. The monoisotopic (exact) mass is 539 g/mol. The van der Waals surface area contributed by atoms with E-state index in [1.165, 1.54) is 5.56 Å². The zero-order valence-electron chi connectivity index (χ0n) is 23.4. The third-order valence-corrected chi connectivity index (χ3v) is 7.96. The summed E-state index contributed by atoms with van der Waals surface area (Å²) in [5.41, 5.74) is 3.95. The molecular weight excluding hydrogens is 498 g/mol. The maximum absolute atomic E-state index is 14.3. The number of nitrogens with zero attached hydrogens (tertiary/aromatic N) is 2. The number of amides is 2. The summed E-state index contributed by atoms with van der Waals surface area (Å²) in [5, 5.41) is 3.08. The van der Waals surface area contributed by atoms with Gasteiger partial charge in [0.1, 0.15) is 5.75 Å². The molecule has 40 heavy (non-hydrogen) atoms. The van der Waals surface area contributed by atoms with E-state index in [-0.39, 0.29) is 24.4 Å². The molecule has 0 bridgehead atoms. The minimum Gasteiger partial charge on any atom is -0.493 e. The summed E-state index contributed by atoms with van der Waals surface area (Å²) >= 11 is 0. The number of nitrogens with one attached hydrogen (secondary N) is 1. The highest BCUT2D eigenvalue weighted by Crippen LogP contribution is 2.30. The van der Waals surface area contributed by atoms with Gasteiger partial charge in [-0.25, -0.2) is 0 Å². The van der Waals surface area contributed by atoms with E-state index in [9.17, 15) is 9.59 Å². The van der Waals surface area contributed by atoms with E-state index in [4.69, 9.17) is 4.74 Å². The fourth-order valence-electron chi connectivity index (χ4n) is 5.89. The highest BCUT2D eigenvalue weighted by Gasteiger charge is 2.30. The van der Waals surface area contributed by atoms with E-state index in [0.717, 1.165) is 68.4 Å². The number of carbonyl (C=O) groups excluding carboxylic acids is 2. The molecule has 1 atom stereocenters. The number of hydrogen-bond donors (Lipinski definition) is 1. The van der Waals surface area contributed by atoms with Crippen LogP contribution in [0.4, 0.5) is 0 Å². The molecule has 1 saturated heterocycles. The van der Waals surface area contributed by atoms with Crippen molar-refractivity contribution in [3.05, 3.63) is 101 Å². The van der Waals surface area contributed by atoms with Crippen LogP contribution >= 0.6 is 0 Å². The van der Waals surface area contributed by atoms with E-state index < -0.39 is 0 Å². The molecule has 0 radical (unpaired) electrons. The summed E-state index contributed by atoms with van der Waals surface area (Å²) in [4.78, 5) is 31.4. The first kappa shape index (κ1) is 27.9. The van der Waals surface area contributed by atoms with Crippen molar-refractivity contribution in [3.63, 3.8) is 0 Å². The molecule has 1 fully saturated rings. The molecule has 2 amide bonds.